The first-order valence-corrected chi connectivity index (χ1v) is 12.0. The van der Waals surface area contributed by atoms with E-state index in [0.717, 1.165) is 67.0 Å². The van der Waals surface area contributed by atoms with Crippen molar-refractivity contribution in [3.05, 3.63) is 29.8 Å². The van der Waals surface area contributed by atoms with Crippen molar-refractivity contribution < 1.29 is 23.8 Å². The molecule has 1 heterocycles. The predicted octanol–water partition coefficient (Wildman–Crippen LogP) is 6.91. The third-order valence-corrected chi connectivity index (χ3v) is 5.93. The van der Waals surface area contributed by atoms with Crippen LogP contribution in [0.3, 0.4) is 0 Å². The van der Waals surface area contributed by atoms with Crippen LogP contribution >= 0.6 is 0 Å². The van der Waals surface area contributed by atoms with Gasteiger partial charge in [-0.1, -0.05) is 63.8 Å². The summed E-state index contributed by atoms with van der Waals surface area (Å²) < 4.78 is 18.1. The Morgan fingerprint density at radius 2 is 1.44 bits per heavy atom. The fourth-order valence-electron chi connectivity index (χ4n) is 4.08. The van der Waals surface area contributed by atoms with E-state index in [4.69, 9.17) is 14.2 Å². The SMILES string of the molecule is CCCCCC(=O)Oc1c2c(c3ccccc3c1OC(=O)CCCCC)OC(C)(C)CC2. The lowest BCUT2D eigenvalue weighted by Gasteiger charge is -2.34. The van der Waals surface area contributed by atoms with Crippen LogP contribution in [-0.4, -0.2) is 17.5 Å². The van der Waals surface area contributed by atoms with Crippen LogP contribution in [0.2, 0.25) is 0 Å². The van der Waals surface area contributed by atoms with Gasteiger partial charge in [-0.25, -0.2) is 0 Å². The maximum atomic E-state index is 12.7. The van der Waals surface area contributed by atoms with Crippen LogP contribution in [-0.2, 0) is 16.0 Å². The number of esters is 2. The molecule has 0 atom stereocenters. The van der Waals surface area contributed by atoms with Crippen molar-refractivity contribution in [2.75, 3.05) is 0 Å². The number of fused-ring (bicyclic) bond motifs is 3. The Morgan fingerprint density at radius 1 is 0.875 bits per heavy atom. The van der Waals surface area contributed by atoms with Gasteiger partial charge in [0.2, 0.25) is 0 Å². The van der Waals surface area contributed by atoms with E-state index >= 15 is 0 Å². The second-order valence-corrected chi connectivity index (χ2v) is 9.24. The van der Waals surface area contributed by atoms with Crippen LogP contribution in [0.5, 0.6) is 17.2 Å². The molecule has 5 nitrogen and oxygen atoms in total. The zero-order chi connectivity index (χ0) is 23.1. The van der Waals surface area contributed by atoms with E-state index in [1.165, 1.54) is 0 Å². The number of rotatable bonds is 10. The molecule has 0 saturated heterocycles. The fraction of sp³-hybridized carbons (Fsp3) is 0.556. The molecule has 3 rings (SSSR count). The monoisotopic (exact) mass is 440 g/mol. The van der Waals surface area contributed by atoms with Crippen LogP contribution in [0.25, 0.3) is 10.8 Å². The van der Waals surface area contributed by atoms with Gasteiger partial charge in [-0.05, 0) is 39.5 Å². The van der Waals surface area contributed by atoms with E-state index in [1.807, 2.05) is 24.3 Å². The van der Waals surface area contributed by atoms with Gasteiger partial charge in [0, 0.05) is 29.2 Å². The number of benzene rings is 2. The number of ether oxygens (including phenoxy) is 3. The summed E-state index contributed by atoms with van der Waals surface area (Å²) in [6, 6.07) is 7.70. The Hall–Kier alpha value is -2.56. The molecule has 2 aromatic carbocycles. The van der Waals surface area contributed by atoms with Crippen molar-refractivity contribution in [2.24, 2.45) is 0 Å². The van der Waals surface area contributed by atoms with E-state index in [9.17, 15) is 9.59 Å². The van der Waals surface area contributed by atoms with Gasteiger partial charge in [-0.15, -0.1) is 0 Å². The first-order valence-electron chi connectivity index (χ1n) is 12.0. The lowest BCUT2D eigenvalue weighted by atomic mass is 9.91. The third kappa shape index (κ3) is 5.81. The molecular formula is C27H36O5. The quantitative estimate of drug-likeness (QED) is 0.228. The highest BCUT2D eigenvalue weighted by atomic mass is 16.6. The van der Waals surface area contributed by atoms with Crippen LogP contribution in [0.4, 0.5) is 0 Å². The molecule has 0 spiro atoms. The molecular weight excluding hydrogens is 404 g/mol. The van der Waals surface area contributed by atoms with Crippen LogP contribution in [0, 0.1) is 0 Å². The summed E-state index contributed by atoms with van der Waals surface area (Å²) in [4.78, 5) is 25.3. The minimum absolute atomic E-state index is 0.302. The predicted molar refractivity (Wildman–Crippen MR) is 127 cm³/mol. The Bertz CT molecular complexity index is 960. The van der Waals surface area contributed by atoms with Gasteiger partial charge in [0.15, 0.2) is 11.5 Å². The highest BCUT2D eigenvalue weighted by Crippen LogP contribution is 2.50. The van der Waals surface area contributed by atoms with Gasteiger partial charge in [0.05, 0.1) is 0 Å². The lowest BCUT2D eigenvalue weighted by Crippen LogP contribution is -2.33. The van der Waals surface area contributed by atoms with Crippen LogP contribution in [0.1, 0.15) is 91.0 Å². The largest absolute Gasteiger partial charge is 0.487 e. The summed E-state index contributed by atoms with van der Waals surface area (Å²) in [5, 5.41) is 1.60. The smallest absolute Gasteiger partial charge is 0.311 e. The van der Waals surface area contributed by atoms with Gasteiger partial charge in [-0.3, -0.25) is 9.59 Å². The Morgan fingerprint density at radius 3 is 2.03 bits per heavy atom. The van der Waals surface area contributed by atoms with Crippen molar-refractivity contribution in [2.45, 2.75) is 97.5 Å². The molecule has 0 aliphatic carbocycles. The van der Waals surface area contributed by atoms with Crippen molar-refractivity contribution >= 4 is 22.7 Å². The molecule has 0 amide bonds. The molecule has 174 valence electrons. The summed E-state index contributed by atoms with van der Waals surface area (Å²) in [7, 11) is 0. The molecule has 32 heavy (non-hydrogen) atoms. The topological polar surface area (TPSA) is 61.8 Å². The summed E-state index contributed by atoms with van der Waals surface area (Å²) in [6.45, 7) is 8.31. The number of hydrogen-bond donors (Lipinski definition) is 0. The van der Waals surface area contributed by atoms with Gasteiger partial charge in [-0.2, -0.15) is 0 Å². The van der Waals surface area contributed by atoms with Crippen LogP contribution < -0.4 is 14.2 Å². The fourth-order valence-corrected chi connectivity index (χ4v) is 4.08. The maximum absolute atomic E-state index is 12.7. The molecule has 0 saturated carbocycles. The third-order valence-electron chi connectivity index (χ3n) is 5.93. The van der Waals surface area contributed by atoms with Crippen molar-refractivity contribution in [1.29, 1.82) is 0 Å². The van der Waals surface area contributed by atoms with E-state index in [-0.39, 0.29) is 17.5 Å². The molecule has 0 unspecified atom stereocenters. The van der Waals surface area contributed by atoms with Crippen LogP contribution in [0.15, 0.2) is 24.3 Å². The summed E-state index contributed by atoms with van der Waals surface area (Å²) in [6.07, 6.45) is 7.71. The molecule has 2 aromatic rings. The van der Waals surface area contributed by atoms with Crippen molar-refractivity contribution in [3.63, 3.8) is 0 Å². The first kappa shape index (κ1) is 24.1. The van der Waals surface area contributed by atoms with Crippen molar-refractivity contribution in [3.8, 4) is 17.2 Å². The lowest BCUT2D eigenvalue weighted by molar-refractivity contribution is -0.137. The highest BCUT2D eigenvalue weighted by Gasteiger charge is 2.34. The molecule has 0 aromatic heterocycles. The van der Waals surface area contributed by atoms with Gasteiger partial charge in [0.25, 0.3) is 0 Å². The Balaban J connectivity index is 2.05. The van der Waals surface area contributed by atoms with Gasteiger partial charge >= 0.3 is 11.9 Å². The number of hydrogen-bond acceptors (Lipinski definition) is 5. The normalized spacial score (nSPS) is 14.5. The average molecular weight is 441 g/mol. The van der Waals surface area contributed by atoms with Gasteiger partial charge in [0.1, 0.15) is 11.4 Å². The molecule has 1 aliphatic heterocycles. The number of carbonyl (C=O) groups excluding carboxylic acids is 2. The molecule has 0 bridgehead atoms. The first-order chi connectivity index (χ1) is 15.4. The zero-order valence-corrected chi connectivity index (χ0v) is 19.9. The minimum Gasteiger partial charge on any atom is -0.487 e. The second kappa shape index (κ2) is 10.8. The number of carbonyl (C=O) groups is 2. The second-order valence-electron chi connectivity index (χ2n) is 9.24. The summed E-state index contributed by atoms with van der Waals surface area (Å²) in [5.41, 5.74) is 0.486. The van der Waals surface area contributed by atoms with Gasteiger partial charge < -0.3 is 14.2 Å². The molecule has 0 fully saturated rings. The van der Waals surface area contributed by atoms with E-state index in [0.29, 0.717) is 30.8 Å². The number of unbranched alkanes of at least 4 members (excludes halogenated alkanes) is 4. The van der Waals surface area contributed by atoms with E-state index in [1.54, 1.807) is 0 Å². The summed E-state index contributed by atoms with van der Waals surface area (Å²) in [5.74, 6) is 0.805. The molecule has 1 aliphatic rings. The Kier molecular flexibility index (Phi) is 8.16. The maximum Gasteiger partial charge on any atom is 0.311 e. The molecule has 5 heteroatoms. The summed E-state index contributed by atoms with van der Waals surface area (Å²) >= 11 is 0. The standard InChI is InChI=1S/C27H36O5/c1-5-7-9-15-22(28)30-25-20-14-12-11-13-19(20)24-21(17-18-27(3,4)32-24)26(25)31-23(29)16-10-8-6-2/h11-14H,5-10,15-18H2,1-4H3. The molecule has 0 radical (unpaired) electrons. The van der Waals surface area contributed by atoms with Crippen molar-refractivity contribution in [1.82, 2.24) is 0 Å². The molecule has 0 N–H and O–H groups in total. The zero-order valence-electron chi connectivity index (χ0n) is 19.9. The van der Waals surface area contributed by atoms with E-state index < -0.39 is 0 Å². The van der Waals surface area contributed by atoms with E-state index in [2.05, 4.69) is 27.7 Å². The Labute approximate surface area is 191 Å². The average Bonchev–Trinajstić information content (AvgIpc) is 2.76. The highest BCUT2D eigenvalue weighted by molar-refractivity contribution is 5.99. The minimum atomic E-state index is -0.323.